The molecule has 1 aliphatic carbocycles. The van der Waals surface area contributed by atoms with Gasteiger partial charge in [0.05, 0.1) is 6.04 Å². The highest BCUT2D eigenvalue weighted by Gasteiger charge is 2.16. The zero-order valence-electron chi connectivity index (χ0n) is 10.6. The third kappa shape index (κ3) is 6.26. The summed E-state index contributed by atoms with van der Waals surface area (Å²) in [7, 11) is 1.50. The molecular formula is C12H24N3O2+. The van der Waals surface area contributed by atoms with E-state index < -0.39 is 6.03 Å². The second kappa shape index (κ2) is 8.06. The molecule has 0 heterocycles. The Morgan fingerprint density at radius 1 is 1.12 bits per heavy atom. The standard InChI is InChI=1S/C12H23N3O2/c1-13-12(17)15-11(16)9-14-10-7-5-3-2-4-6-8-10/h10,14H,2-9H2,1H3,(H2,13,15,16,17)/p+1. The number of urea groups is 1. The van der Waals surface area contributed by atoms with E-state index in [0.717, 1.165) is 0 Å². The summed E-state index contributed by atoms with van der Waals surface area (Å²) < 4.78 is 0. The van der Waals surface area contributed by atoms with Gasteiger partial charge in [-0.2, -0.15) is 0 Å². The molecule has 17 heavy (non-hydrogen) atoms. The fourth-order valence-electron chi connectivity index (χ4n) is 2.24. The van der Waals surface area contributed by atoms with Crippen LogP contribution in [-0.4, -0.2) is 31.6 Å². The molecule has 1 fully saturated rings. The second-order valence-corrected chi connectivity index (χ2v) is 4.67. The Kier molecular flexibility index (Phi) is 6.62. The van der Waals surface area contributed by atoms with Crippen molar-refractivity contribution in [3.05, 3.63) is 0 Å². The van der Waals surface area contributed by atoms with Gasteiger partial charge in [0.25, 0.3) is 5.91 Å². The number of hydrogen-bond donors (Lipinski definition) is 3. The van der Waals surface area contributed by atoms with Crippen molar-refractivity contribution in [3.63, 3.8) is 0 Å². The van der Waals surface area contributed by atoms with Crippen LogP contribution in [0.3, 0.4) is 0 Å². The molecule has 1 rings (SSSR count). The van der Waals surface area contributed by atoms with Crippen molar-refractivity contribution in [3.8, 4) is 0 Å². The monoisotopic (exact) mass is 242 g/mol. The highest BCUT2D eigenvalue weighted by Crippen LogP contribution is 2.14. The van der Waals surface area contributed by atoms with E-state index in [2.05, 4.69) is 16.0 Å². The summed E-state index contributed by atoms with van der Waals surface area (Å²) in [4.78, 5) is 22.3. The van der Waals surface area contributed by atoms with Crippen molar-refractivity contribution in [2.45, 2.75) is 51.0 Å². The van der Waals surface area contributed by atoms with Gasteiger partial charge < -0.3 is 10.6 Å². The van der Waals surface area contributed by atoms with Crippen molar-refractivity contribution >= 4 is 11.9 Å². The lowest BCUT2D eigenvalue weighted by atomic mass is 9.97. The van der Waals surface area contributed by atoms with E-state index in [9.17, 15) is 9.59 Å². The van der Waals surface area contributed by atoms with Gasteiger partial charge in [-0.3, -0.25) is 10.1 Å². The van der Waals surface area contributed by atoms with Crippen LogP contribution in [0.1, 0.15) is 44.9 Å². The van der Waals surface area contributed by atoms with Gasteiger partial charge >= 0.3 is 6.03 Å². The van der Waals surface area contributed by atoms with Gasteiger partial charge in [0, 0.05) is 7.05 Å². The van der Waals surface area contributed by atoms with Crippen LogP contribution in [0.2, 0.25) is 0 Å². The Bertz CT molecular complexity index is 248. The maximum Gasteiger partial charge on any atom is 0.321 e. The molecule has 1 saturated carbocycles. The number of carbonyl (C=O) groups excluding carboxylic acids is 2. The van der Waals surface area contributed by atoms with Gasteiger partial charge in [0.2, 0.25) is 0 Å². The van der Waals surface area contributed by atoms with Crippen LogP contribution in [0.25, 0.3) is 0 Å². The third-order valence-electron chi connectivity index (χ3n) is 3.27. The fraction of sp³-hybridized carbons (Fsp3) is 0.833. The van der Waals surface area contributed by atoms with E-state index >= 15 is 0 Å². The Morgan fingerprint density at radius 2 is 1.71 bits per heavy atom. The van der Waals surface area contributed by atoms with Crippen molar-refractivity contribution in [1.29, 1.82) is 0 Å². The Morgan fingerprint density at radius 3 is 2.29 bits per heavy atom. The summed E-state index contributed by atoms with van der Waals surface area (Å²) in [6, 6.07) is 0.117. The number of amides is 3. The minimum atomic E-state index is -0.430. The van der Waals surface area contributed by atoms with Crippen LogP contribution in [-0.2, 0) is 4.79 Å². The van der Waals surface area contributed by atoms with E-state index in [4.69, 9.17) is 0 Å². The molecule has 0 saturated heterocycles. The van der Waals surface area contributed by atoms with Gasteiger partial charge in [-0.15, -0.1) is 0 Å². The molecule has 0 aromatic rings. The molecule has 5 nitrogen and oxygen atoms in total. The first kappa shape index (κ1) is 14.0. The van der Waals surface area contributed by atoms with Crippen molar-refractivity contribution in [2.24, 2.45) is 0 Å². The van der Waals surface area contributed by atoms with E-state index in [0.29, 0.717) is 12.6 Å². The molecule has 0 aliphatic heterocycles. The number of nitrogens with one attached hydrogen (secondary N) is 2. The smallest absolute Gasteiger partial charge is 0.321 e. The molecule has 0 atom stereocenters. The summed E-state index contributed by atoms with van der Waals surface area (Å²) in [6.45, 7) is 0.345. The summed E-state index contributed by atoms with van der Waals surface area (Å²) in [6.07, 6.45) is 8.88. The SMILES string of the molecule is CNC(=O)NC(=O)C[NH2+]C1CCCCCCC1. The molecule has 5 heteroatoms. The van der Waals surface area contributed by atoms with Crippen LogP contribution < -0.4 is 16.0 Å². The van der Waals surface area contributed by atoms with Gasteiger partial charge in [0.15, 0.2) is 6.54 Å². The first-order valence-electron chi connectivity index (χ1n) is 6.57. The average Bonchev–Trinajstić information content (AvgIpc) is 2.27. The van der Waals surface area contributed by atoms with E-state index in [1.807, 2.05) is 0 Å². The molecule has 0 unspecified atom stereocenters. The van der Waals surface area contributed by atoms with Crippen LogP contribution in [0, 0.1) is 0 Å². The molecule has 98 valence electrons. The molecule has 0 spiro atoms. The van der Waals surface area contributed by atoms with Crippen molar-refractivity contribution < 1.29 is 14.9 Å². The predicted molar refractivity (Wildman–Crippen MR) is 65.5 cm³/mol. The number of quaternary nitrogens is 1. The third-order valence-corrected chi connectivity index (χ3v) is 3.27. The van der Waals surface area contributed by atoms with Gasteiger partial charge in [-0.05, 0) is 25.7 Å². The van der Waals surface area contributed by atoms with Gasteiger partial charge in [-0.25, -0.2) is 4.79 Å². The topological polar surface area (TPSA) is 74.8 Å². The number of rotatable bonds is 3. The number of imide groups is 1. The molecule has 0 radical (unpaired) electrons. The minimum absolute atomic E-state index is 0.216. The predicted octanol–water partition coefficient (Wildman–Crippen LogP) is 0.118. The molecule has 0 aromatic carbocycles. The molecule has 1 aliphatic rings. The van der Waals surface area contributed by atoms with E-state index in [1.165, 1.54) is 52.0 Å². The Labute approximate surface area is 103 Å². The molecule has 3 amide bonds. The molecule has 4 N–H and O–H groups in total. The lowest BCUT2D eigenvalue weighted by Gasteiger charge is -2.17. The largest absolute Gasteiger partial charge is 0.341 e. The average molecular weight is 242 g/mol. The summed E-state index contributed by atoms with van der Waals surface area (Å²) in [5.41, 5.74) is 0. The maximum absolute atomic E-state index is 11.4. The molecule has 0 aromatic heterocycles. The van der Waals surface area contributed by atoms with Gasteiger partial charge in [-0.1, -0.05) is 19.3 Å². The molecule has 0 bridgehead atoms. The Hall–Kier alpha value is -1.10. The van der Waals surface area contributed by atoms with Crippen molar-refractivity contribution in [2.75, 3.05) is 13.6 Å². The lowest BCUT2D eigenvalue weighted by Crippen LogP contribution is -2.92. The van der Waals surface area contributed by atoms with Crippen LogP contribution in [0.5, 0.6) is 0 Å². The first-order chi connectivity index (χ1) is 8.22. The van der Waals surface area contributed by atoms with Crippen LogP contribution >= 0.6 is 0 Å². The Balaban J connectivity index is 2.18. The summed E-state index contributed by atoms with van der Waals surface area (Å²) >= 11 is 0. The molecular weight excluding hydrogens is 218 g/mol. The first-order valence-corrected chi connectivity index (χ1v) is 6.57. The zero-order valence-corrected chi connectivity index (χ0v) is 10.6. The normalized spacial score (nSPS) is 17.9. The van der Waals surface area contributed by atoms with E-state index in [-0.39, 0.29) is 5.91 Å². The summed E-state index contributed by atoms with van der Waals surface area (Å²) in [5, 5.41) is 6.72. The van der Waals surface area contributed by atoms with Crippen LogP contribution in [0.15, 0.2) is 0 Å². The zero-order chi connectivity index (χ0) is 12.5. The lowest BCUT2D eigenvalue weighted by molar-refractivity contribution is -0.680. The quantitative estimate of drug-likeness (QED) is 0.657. The number of hydrogen-bond acceptors (Lipinski definition) is 2. The highest BCUT2D eigenvalue weighted by atomic mass is 16.2. The number of carbonyl (C=O) groups is 2. The summed E-state index contributed by atoms with van der Waals surface area (Å²) in [5.74, 6) is -0.216. The maximum atomic E-state index is 11.4. The second-order valence-electron chi connectivity index (χ2n) is 4.67. The van der Waals surface area contributed by atoms with Gasteiger partial charge in [0.1, 0.15) is 0 Å². The fourth-order valence-corrected chi connectivity index (χ4v) is 2.24. The van der Waals surface area contributed by atoms with Crippen molar-refractivity contribution in [1.82, 2.24) is 10.6 Å². The minimum Gasteiger partial charge on any atom is -0.341 e. The van der Waals surface area contributed by atoms with E-state index in [1.54, 1.807) is 0 Å². The van der Waals surface area contributed by atoms with Crippen LogP contribution in [0.4, 0.5) is 4.79 Å². The highest BCUT2D eigenvalue weighted by molar-refractivity contribution is 5.94. The number of nitrogens with two attached hydrogens (primary N) is 1.